The standard InChI is InChI=1S/C18H21F2NO3S/c19-17(20)25(23,24)15-3-1-14(2-4-15)16(22)21-18-8-11-5-12(9-18)7-13(6-11)10-18/h1-4,11-13,17H,5-10H2,(H,21,22). The van der Waals surface area contributed by atoms with Gasteiger partial charge < -0.3 is 5.32 Å². The summed E-state index contributed by atoms with van der Waals surface area (Å²) in [7, 11) is -4.63. The van der Waals surface area contributed by atoms with Gasteiger partial charge in [0, 0.05) is 11.1 Å². The highest BCUT2D eigenvalue weighted by atomic mass is 32.2. The Morgan fingerprint density at radius 1 is 1.00 bits per heavy atom. The van der Waals surface area contributed by atoms with Crippen molar-refractivity contribution < 1.29 is 22.0 Å². The molecule has 4 bridgehead atoms. The first-order chi connectivity index (χ1) is 11.8. The molecule has 0 unspecified atom stereocenters. The van der Waals surface area contributed by atoms with Gasteiger partial charge in [0.15, 0.2) is 0 Å². The molecule has 7 heteroatoms. The number of rotatable bonds is 4. The Morgan fingerprint density at radius 2 is 1.48 bits per heavy atom. The van der Waals surface area contributed by atoms with E-state index in [0.29, 0.717) is 23.3 Å². The molecule has 1 amide bonds. The summed E-state index contributed by atoms with van der Waals surface area (Å²) in [5, 5.41) is 3.19. The van der Waals surface area contributed by atoms with Gasteiger partial charge >= 0.3 is 5.76 Å². The number of amides is 1. The van der Waals surface area contributed by atoms with Gasteiger partial charge in [0.05, 0.1) is 4.90 Å². The summed E-state index contributed by atoms with van der Waals surface area (Å²) in [5.74, 6) is -1.61. The van der Waals surface area contributed by atoms with Gasteiger partial charge in [-0.05, 0) is 80.5 Å². The number of alkyl halides is 2. The topological polar surface area (TPSA) is 63.2 Å². The second kappa shape index (κ2) is 5.76. The lowest BCUT2D eigenvalue weighted by Crippen LogP contribution is -2.59. The van der Waals surface area contributed by atoms with Crippen LogP contribution in [0.3, 0.4) is 0 Å². The molecule has 0 saturated heterocycles. The summed E-state index contributed by atoms with van der Waals surface area (Å²) < 4.78 is 48.1. The van der Waals surface area contributed by atoms with Crippen LogP contribution in [0.4, 0.5) is 8.78 Å². The smallest absolute Gasteiger partial charge is 0.341 e. The Morgan fingerprint density at radius 3 is 1.92 bits per heavy atom. The van der Waals surface area contributed by atoms with Gasteiger partial charge in [-0.25, -0.2) is 8.42 Å². The summed E-state index contributed by atoms with van der Waals surface area (Å²) >= 11 is 0. The van der Waals surface area contributed by atoms with E-state index >= 15 is 0 Å². The number of benzene rings is 1. The SMILES string of the molecule is O=C(NC12CC3CC(CC(C3)C1)C2)c1ccc(S(=O)(=O)C(F)F)cc1. The van der Waals surface area contributed by atoms with Gasteiger partial charge in [0.1, 0.15) is 0 Å². The zero-order valence-electron chi connectivity index (χ0n) is 13.8. The van der Waals surface area contributed by atoms with E-state index in [2.05, 4.69) is 5.32 Å². The van der Waals surface area contributed by atoms with E-state index in [4.69, 9.17) is 0 Å². The van der Waals surface area contributed by atoms with Crippen molar-refractivity contribution in [2.24, 2.45) is 17.8 Å². The minimum Gasteiger partial charge on any atom is -0.347 e. The third-order valence-electron chi connectivity index (χ3n) is 6.10. The number of sulfone groups is 1. The first-order valence-corrected chi connectivity index (χ1v) is 10.3. The van der Waals surface area contributed by atoms with Crippen molar-refractivity contribution >= 4 is 15.7 Å². The maximum atomic E-state index is 12.6. The van der Waals surface area contributed by atoms with Crippen LogP contribution >= 0.6 is 0 Å². The zero-order chi connectivity index (χ0) is 17.8. The van der Waals surface area contributed by atoms with Crippen LogP contribution in [0.1, 0.15) is 48.9 Å². The lowest BCUT2D eigenvalue weighted by molar-refractivity contribution is -0.0167. The number of hydrogen-bond donors (Lipinski definition) is 1. The summed E-state index contributed by atoms with van der Waals surface area (Å²) in [6.45, 7) is 0. The Balaban J connectivity index is 1.50. The van der Waals surface area contributed by atoms with Gasteiger partial charge in [-0.2, -0.15) is 8.78 Å². The fourth-order valence-corrected chi connectivity index (χ4v) is 6.20. The van der Waals surface area contributed by atoms with Crippen LogP contribution in [0.15, 0.2) is 29.2 Å². The number of carbonyl (C=O) groups excluding carboxylic acids is 1. The highest BCUT2D eigenvalue weighted by Gasteiger charge is 2.51. The van der Waals surface area contributed by atoms with E-state index in [1.807, 2.05) is 0 Å². The predicted octanol–water partition coefficient (Wildman–Crippen LogP) is 3.38. The second-order valence-electron chi connectivity index (χ2n) is 7.98. The minimum atomic E-state index is -4.63. The molecule has 25 heavy (non-hydrogen) atoms. The molecule has 4 aliphatic carbocycles. The van der Waals surface area contributed by atoms with Crippen molar-refractivity contribution in [2.75, 3.05) is 0 Å². The average Bonchev–Trinajstić information content (AvgIpc) is 2.53. The van der Waals surface area contributed by atoms with Crippen LogP contribution < -0.4 is 5.32 Å². The molecule has 0 heterocycles. The lowest BCUT2D eigenvalue weighted by atomic mass is 9.53. The van der Waals surface area contributed by atoms with Crippen molar-refractivity contribution in [1.29, 1.82) is 0 Å². The Bertz CT molecular complexity index is 754. The highest BCUT2D eigenvalue weighted by molar-refractivity contribution is 7.91. The third kappa shape index (κ3) is 2.96. The molecule has 4 nitrogen and oxygen atoms in total. The van der Waals surface area contributed by atoms with Crippen LogP contribution in [0.5, 0.6) is 0 Å². The molecule has 1 N–H and O–H groups in total. The van der Waals surface area contributed by atoms with E-state index in [-0.39, 0.29) is 11.4 Å². The van der Waals surface area contributed by atoms with E-state index < -0.39 is 20.5 Å². The number of hydrogen-bond acceptors (Lipinski definition) is 3. The Labute approximate surface area is 145 Å². The summed E-state index contributed by atoms with van der Waals surface area (Å²) in [4.78, 5) is 12.2. The quantitative estimate of drug-likeness (QED) is 0.885. The normalized spacial score (nSPS) is 33.6. The van der Waals surface area contributed by atoms with Gasteiger partial charge in [0.2, 0.25) is 9.84 Å². The first kappa shape index (κ1) is 16.9. The monoisotopic (exact) mass is 369 g/mol. The Kier molecular flexibility index (Phi) is 3.90. The lowest BCUT2D eigenvalue weighted by Gasteiger charge is -2.56. The maximum Gasteiger partial charge on any atom is 0.341 e. The molecule has 1 aromatic rings. The van der Waals surface area contributed by atoms with Gasteiger partial charge in [-0.1, -0.05) is 0 Å². The largest absolute Gasteiger partial charge is 0.347 e. The zero-order valence-corrected chi connectivity index (χ0v) is 14.6. The molecule has 0 atom stereocenters. The first-order valence-electron chi connectivity index (χ1n) is 8.72. The van der Waals surface area contributed by atoms with Crippen LogP contribution in [0, 0.1) is 17.8 Å². The van der Waals surface area contributed by atoms with Crippen molar-refractivity contribution in [2.45, 2.75) is 54.7 Å². The molecule has 0 aromatic heterocycles. The summed E-state index contributed by atoms with van der Waals surface area (Å²) in [6, 6.07) is 4.78. The molecule has 1 aromatic carbocycles. The van der Waals surface area contributed by atoms with Crippen molar-refractivity contribution in [3.63, 3.8) is 0 Å². The molecule has 0 spiro atoms. The van der Waals surface area contributed by atoms with Crippen LogP contribution in [-0.4, -0.2) is 25.6 Å². The summed E-state index contributed by atoms with van der Waals surface area (Å²) in [5.41, 5.74) is 0.170. The third-order valence-corrected chi connectivity index (χ3v) is 7.49. The second-order valence-corrected chi connectivity index (χ2v) is 9.90. The number of carbonyl (C=O) groups is 1. The van der Waals surface area contributed by atoms with Gasteiger partial charge in [-0.3, -0.25) is 4.79 Å². The fourth-order valence-electron chi connectivity index (χ4n) is 5.48. The molecule has 4 fully saturated rings. The highest BCUT2D eigenvalue weighted by Crippen LogP contribution is 2.55. The van der Waals surface area contributed by atoms with E-state index in [0.717, 1.165) is 31.4 Å². The van der Waals surface area contributed by atoms with Crippen LogP contribution in [-0.2, 0) is 9.84 Å². The molecule has 0 radical (unpaired) electrons. The van der Waals surface area contributed by atoms with Crippen molar-refractivity contribution in [3.8, 4) is 0 Å². The number of halogens is 2. The van der Waals surface area contributed by atoms with E-state index in [9.17, 15) is 22.0 Å². The molecule has 4 saturated carbocycles. The van der Waals surface area contributed by atoms with E-state index in [1.54, 1.807) is 0 Å². The molecular weight excluding hydrogens is 348 g/mol. The molecule has 4 aliphatic rings. The fraction of sp³-hybridized carbons (Fsp3) is 0.611. The van der Waals surface area contributed by atoms with E-state index in [1.165, 1.54) is 31.4 Å². The molecular formula is C18H21F2NO3S. The predicted molar refractivity (Wildman–Crippen MR) is 88.0 cm³/mol. The van der Waals surface area contributed by atoms with Crippen molar-refractivity contribution in [3.05, 3.63) is 29.8 Å². The summed E-state index contributed by atoms with van der Waals surface area (Å²) in [6.07, 6.45) is 6.87. The average molecular weight is 369 g/mol. The Hall–Kier alpha value is -1.50. The molecule has 136 valence electrons. The molecule has 5 rings (SSSR count). The number of nitrogens with one attached hydrogen (secondary N) is 1. The maximum absolute atomic E-state index is 12.6. The van der Waals surface area contributed by atoms with Gasteiger partial charge in [-0.15, -0.1) is 0 Å². The van der Waals surface area contributed by atoms with Crippen LogP contribution in [0.2, 0.25) is 0 Å². The minimum absolute atomic E-state index is 0.139. The van der Waals surface area contributed by atoms with Gasteiger partial charge in [0.25, 0.3) is 5.91 Å². The van der Waals surface area contributed by atoms with Crippen molar-refractivity contribution in [1.82, 2.24) is 5.32 Å². The van der Waals surface area contributed by atoms with Crippen LogP contribution in [0.25, 0.3) is 0 Å². The molecule has 0 aliphatic heterocycles.